The highest BCUT2D eigenvalue weighted by atomic mass is 32.1. The lowest BCUT2D eigenvalue weighted by Gasteiger charge is -2.29. The molecule has 9 aromatic carbocycles. The van der Waals surface area contributed by atoms with Crippen LogP contribution in [-0.4, -0.2) is 0 Å². The topological polar surface area (TPSA) is 16.4 Å². The molecule has 2 nitrogen and oxygen atoms in total. The van der Waals surface area contributed by atoms with Crippen molar-refractivity contribution in [3.8, 4) is 33.4 Å². The summed E-state index contributed by atoms with van der Waals surface area (Å²) < 4.78 is 8.85. The van der Waals surface area contributed by atoms with E-state index in [1.165, 1.54) is 47.6 Å². The minimum absolute atomic E-state index is 0.912. The maximum Gasteiger partial charge on any atom is 0.136 e. The summed E-state index contributed by atoms with van der Waals surface area (Å²) in [7, 11) is 0. The van der Waals surface area contributed by atoms with Crippen LogP contribution in [0.1, 0.15) is 0 Å². The molecule has 0 spiro atoms. The number of rotatable bonds is 6. The highest BCUT2D eigenvalue weighted by Gasteiger charge is 2.22. The molecule has 0 aliphatic carbocycles. The number of hydrogen-bond acceptors (Lipinski definition) is 3. The van der Waals surface area contributed by atoms with Crippen LogP contribution in [0.5, 0.6) is 0 Å². The number of furan rings is 1. The molecule has 0 unspecified atom stereocenters. The van der Waals surface area contributed by atoms with Crippen LogP contribution in [0.4, 0.5) is 17.1 Å². The fourth-order valence-corrected chi connectivity index (χ4v) is 9.39. The van der Waals surface area contributed by atoms with Gasteiger partial charge in [0.2, 0.25) is 0 Å². The predicted molar refractivity (Wildman–Crippen MR) is 235 cm³/mol. The van der Waals surface area contributed by atoms with Crippen LogP contribution in [0, 0.1) is 0 Å². The second-order valence-corrected chi connectivity index (χ2v) is 15.2. The van der Waals surface area contributed by atoms with E-state index in [-0.39, 0.29) is 0 Å². The number of benzene rings is 9. The molecule has 0 bridgehead atoms. The normalized spacial score (nSPS) is 11.6. The fourth-order valence-electron chi connectivity index (χ4n) is 8.27. The summed E-state index contributed by atoms with van der Waals surface area (Å²) in [6, 6.07) is 72.3. The van der Waals surface area contributed by atoms with Crippen LogP contribution in [-0.2, 0) is 0 Å². The van der Waals surface area contributed by atoms with Crippen LogP contribution in [0.15, 0.2) is 205 Å². The molecule has 11 aromatic rings. The van der Waals surface area contributed by atoms with Gasteiger partial charge in [-0.2, -0.15) is 0 Å². The lowest BCUT2D eigenvalue weighted by atomic mass is 9.94. The predicted octanol–water partition coefficient (Wildman–Crippen LogP) is 15.6. The summed E-state index contributed by atoms with van der Waals surface area (Å²) >= 11 is 1.85. The second-order valence-electron chi connectivity index (χ2n) is 14.1. The number of para-hydroxylation sites is 1. The van der Waals surface area contributed by atoms with Crippen LogP contribution in [0.3, 0.4) is 0 Å². The van der Waals surface area contributed by atoms with Gasteiger partial charge in [-0.1, -0.05) is 140 Å². The van der Waals surface area contributed by atoms with Crippen molar-refractivity contribution in [1.82, 2.24) is 0 Å². The van der Waals surface area contributed by atoms with E-state index in [1.807, 2.05) is 17.4 Å². The number of nitrogens with zero attached hydrogens (tertiary/aromatic N) is 1. The molecule has 0 aliphatic heterocycles. The minimum Gasteiger partial charge on any atom is -0.456 e. The Balaban J connectivity index is 1.15. The zero-order chi connectivity index (χ0) is 36.3. The van der Waals surface area contributed by atoms with Gasteiger partial charge in [-0.3, -0.25) is 0 Å². The van der Waals surface area contributed by atoms with Crippen molar-refractivity contribution in [2.45, 2.75) is 0 Å². The van der Waals surface area contributed by atoms with E-state index < -0.39 is 0 Å². The molecule has 0 saturated heterocycles. The number of thiophene rings is 1. The summed E-state index contributed by atoms with van der Waals surface area (Å²) in [5.41, 5.74) is 12.3. The molecule has 2 heterocycles. The molecular weight excluding hydrogens is 687 g/mol. The van der Waals surface area contributed by atoms with Gasteiger partial charge in [-0.25, -0.2) is 0 Å². The maximum atomic E-state index is 6.29. The van der Waals surface area contributed by atoms with Crippen molar-refractivity contribution in [2.75, 3.05) is 4.90 Å². The van der Waals surface area contributed by atoms with E-state index in [0.29, 0.717) is 0 Å². The van der Waals surface area contributed by atoms with Gasteiger partial charge in [0.05, 0.1) is 11.4 Å². The highest BCUT2D eigenvalue weighted by molar-refractivity contribution is 7.26. The van der Waals surface area contributed by atoms with Gasteiger partial charge in [-0.15, -0.1) is 11.3 Å². The summed E-state index contributed by atoms with van der Waals surface area (Å²) in [5.74, 6) is 0. The van der Waals surface area contributed by atoms with E-state index in [9.17, 15) is 0 Å². The quantitative estimate of drug-likeness (QED) is 0.170. The van der Waals surface area contributed by atoms with Gasteiger partial charge in [0.1, 0.15) is 11.2 Å². The Labute approximate surface area is 322 Å². The van der Waals surface area contributed by atoms with Gasteiger partial charge in [0.15, 0.2) is 0 Å². The largest absolute Gasteiger partial charge is 0.456 e. The Morgan fingerprint density at radius 3 is 1.84 bits per heavy atom. The first-order chi connectivity index (χ1) is 27.3. The van der Waals surface area contributed by atoms with E-state index in [4.69, 9.17) is 4.42 Å². The number of anilines is 3. The van der Waals surface area contributed by atoms with Gasteiger partial charge in [0, 0.05) is 42.2 Å². The molecule has 0 radical (unpaired) electrons. The average molecular weight is 720 g/mol. The smallest absolute Gasteiger partial charge is 0.136 e. The zero-order valence-electron chi connectivity index (χ0n) is 29.8. The number of fused-ring (bicyclic) bond motifs is 8. The molecule has 11 rings (SSSR count). The average Bonchev–Trinajstić information content (AvgIpc) is 3.84. The molecule has 55 heavy (non-hydrogen) atoms. The lowest BCUT2D eigenvalue weighted by Crippen LogP contribution is -2.11. The SMILES string of the molecule is c1ccc(-c2ccc(N(c3ccc(-c4ccc5ccc6oc7ccccc7c6c5c4)cc3-c3ccccc3)c3cccc4sc5ccccc5c34)cc2)cc1. The number of hydrogen-bond donors (Lipinski definition) is 0. The van der Waals surface area contributed by atoms with Gasteiger partial charge in [0.25, 0.3) is 0 Å². The summed E-state index contributed by atoms with van der Waals surface area (Å²) in [6.07, 6.45) is 0. The minimum atomic E-state index is 0.912. The van der Waals surface area contributed by atoms with Crippen LogP contribution in [0.25, 0.3) is 86.3 Å². The Morgan fingerprint density at radius 1 is 0.364 bits per heavy atom. The van der Waals surface area contributed by atoms with Crippen LogP contribution >= 0.6 is 11.3 Å². The van der Waals surface area contributed by atoms with Crippen molar-refractivity contribution in [3.63, 3.8) is 0 Å². The molecule has 0 saturated carbocycles. The van der Waals surface area contributed by atoms with Gasteiger partial charge < -0.3 is 9.32 Å². The van der Waals surface area contributed by atoms with Crippen molar-refractivity contribution >= 4 is 81.3 Å². The molecule has 0 aliphatic rings. The van der Waals surface area contributed by atoms with Crippen molar-refractivity contribution in [1.29, 1.82) is 0 Å². The molecule has 0 atom stereocenters. The second kappa shape index (κ2) is 12.9. The van der Waals surface area contributed by atoms with Crippen LogP contribution in [0.2, 0.25) is 0 Å². The van der Waals surface area contributed by atoms with Crippen molar-refractivity contribution in [3.05, 3.63) is 200 Å². The first-order valence-electron chi connectivity index (χ1n) is 18.7. The van der Waals surface area contributed by atoms with Crippen molar-refractivity contribution in [2.24, 2.45) is 0 Å². The molecule has 0 amide bonds. The van der Waals surface area contributed by atoms with Crippen molar-refractivity contribution < 1.29 is 4.42 Å². The zero-order valence-corrected chi connectivity index (χ0v) is 30.6. The third kappa shape index (κ3) is 5.32. The fraction of sp³-hybridized carbons (Fsp3) is 0. The van der Waals surface area contributed by atoms with E-state index >= 15 is 0 Å². The molecule has 0 N–H and O–H groups in total. The standard InChI is InChI=1S/C52H33NOS/c1-3-12-34(13-4-1)35-24-28-40(29-25-35)53(46-18-11-21-50-52(46)42-17-8-10-20-49(42)55-50)45-30-26-39(32-43(45)36-14-5-2-6-15-36)38-23-22-37-27-31-48-51(44(37)33-38)41-16-7-9-19-47(41)54-48/h1-33H. The lowest BCUT2D eigenvalue weighted by molar-refractivity contribution is 0.669. The van der Waals surface area contributed by atoms with Gasteiger partial charge >= 0.3 is 0 Å². The Hall–Kier alpha value is -6.94. The Morgan fingerprint density at radius 2 is 1.00 bits per heavy atom. The first-order valence-corrected chi connectivity index (χ1v) is 19.5. The van der Waals surface area contributed by atoms with E-state index in [2.05, 4.69) is 199 Å². The third-order valence-corrected chi connectivity index (χ3v) is 12.0. The summed E-state index contributed by atoms with van der Waals surface area (Å²) in [6.45, 7) is 0. The molecule has 3 heteroatoms. The molecule has 2 aromatic heterocycles. The summed E-state index contributed by atoms with van der Waals surface area (Å²) in [5, 5.41) is 7.24. The maximum absolute atomic E-state index is 6.29. The molecular formula is C52H33NOS. The first kappa shape index (κ1) is 31.6. The highest BCUT2D eigenvalue weighted by Crippen LogP contribution is 2.48. The van der Waals surface area contributed by atoms with Gasteiger partial charge in [-0.05, 0) is 99.3 Å². The molecule has 258 valence electrons. The Bertz CT molecular complexity index is 3190. The summed E-state index contributed by atoms with van der Waals surface area (Å²) in [4.78, 5) is 2.46. The Kier molecular flexibility index (Phi) is 7.39. The monoisotopic (exact) mass is 719 g/mol. The molecule has 0 fully saturated rings. The van der Waals surface area contributed by atoms with E-state index in [0.717, 1.165) is 55.7 Å². The van der Waals surface area contributed by atoms with Crippen LogP contribution < -0.4 is 4.90 Å². The third-order valence-electron chi connectivity index (χ3n) is 10.9. The van der Waals surface area contributed by atoms with E-state index in [1.54, 1.807) is 0 Å².